The zero-order valence-electron chi connectivity index (χ0n) is 10.9. The molecule has 2 aromatic heterocycles. The first-order valence-electron chi connectivity index (χ1n) is 6.10. The van der Waals surface area contributed by atoms with Crippen molar-refractivity contribution in [2.24, 2.45) is 5.73 Å². The van der Waals surface area contributed by atoms with E-state index in [-0.39, 0.29) is 6.61 Å². The molecule has 0 aliphatic heterocycles. The zero-order valence-corrected chi connectivity index (χ0v) is 12.5. The van der Waals surface area contributed by atoms with Gasteiger partial charge in [-0.05, 0) is 18.2 Å². The highest BCUT2D eigenvalue weighted by atomic mass is 32.2. The lowest BCUT2D eigenvalue weighted by molar-refractivity contribution is 0.150. The van der Waals surface area contributed by atoms with Gasteiger partial charge in [-0.1, -0.05) is 23.9 Å². The van der Waals surface area contributed by atoms with E-state index in [2.05, 4.69) is 9.97 Å². The monoisotopic (exact) mass is 317 g/mol. The Labute approximate surface area is 129 Å². The minimum Gasteiger partial charge on any atom is -0.442 e. The Balaban J connectivity index is 1.74. The third-order valence-corrected chi connectivity index (χ3v) is 4.73. The van der Waals surface area contributed by atoms with Crippen molar-refractivity contribution in [3.8, 4) is 0 Å². The van der Waals surface area contributed by atoms with Gasteiger partial charge in [0.05, 0.1) is 15.9 Å². The predicted octanol–water partition coefficient (Wildman–Crippen LogP) is 3.44. The molecule has 0 atom stereocenters. The van der Waals surface area contributed by atoms with Crippen LogP contribution in [-0.4, -0.2) is 16.1 Å². The van der Waals surface area contributed by atoms with Crippen LogP contribution < -0.4 is 5.73 Å². The van der Waals surface area contributed by atoms with E-state index in [0.29, 0.717) is 0 Å². The Morgan fingerprint density at radius 3 is 3.10 bits per heavy atom. The summed E-state index contributed by atoms with van der Waals surface area (Å²) in [6, 6.07) is 10.1. The van der Waals surface area contributed by atoms with Crippen LogP contribution in [0.2, 0.25) is 0 Å². The number of fused-ring (bicyclic) bond motifs is 1. The molecule has 0 bridgehead atoms. The smallest absolute Gasteiger partial charge is 0.404 e. The quantitative estimate of drug-likeness (QED) is 0.797. The lowest BCUT2D eigenvalue weighted by Crippen LogP contribution is -2.12. The normalized spacial score (nSPS) is 10.7. The Kier molecular flexibility index (Phi) is 4.03. The van der Waals surface area contributed by atoms with Crippen LogP contribution in [0.1, 0.15) is 5.01 Å². The Bertz CT molecular complexity index is 788. The largest absolute Gasteiger partial charge is 0.442 e. The Hall–Kier alpha value is -2.12. The van der Waals surface area contributed by atoms with Gasteiger partial charge in [-0.15, -0.1) is 11.3 Å². The minimum absolute atomic E-state index is 0.111. The molecule has 0 unspecified atom stereocenters. The molecule has 0 aliphatic rings. The van der Waals surface area contributed by atoms with Gasteiger partial charge >= 0.3 is 6.09 Å². The number of thiazole rings is 1. The summed E-state index contributed by atoms with van der Waals surface area (Å²) in [5, 5.41) is 1.83. The maximum atomic E-state index is 10.6. The van der Waals surface area contributed by atoms with Gasteiger partial charge in [0.2, 0.25) is 0 Å². The van der Waals surface area contributed by atoms with Gasteiger partial charge in [0.15, 0.2) is 0 Å². The van der Waals surface area contributed by atoms with Gasteiger partial charge in [0.1, 0.15) is 11.6 Å². The number of primary amides is 1. The van der Waals surface area contributed by atoms with Crippen LogP contribution in [0.25, 0.3) is 10.9 Å². The molecule has 106 valence electrons. The summed E-state index contributed by atoms with van der Waals surface area (Å²) in [6.45, 7) is 0.111. The standard InChI is InChI=1S/C14H11N3O2S2/c15-14(18)19-8-12-17-7-13(21-12)20-10-4-3-9-2-1-5-16-11(9)6-10/h1-7H,8H2,(H2,15,18). The number of ether oxygens (including phenoxy) is 1. The van der Waals surface area contributed by atoms with Gasteiger partial charge in [-0.2, -0.15) is 0 Å². The van der Waals surface area contributed by atoms with Crippen molar-refractivity contribution in [2.45, 2.75) is 15.7 Å². The zero-order chi connectivity index (χ0) is 14.7. The highest BCUT2D eigenvalue weighted by molar-refractivity contribution is 8.01. The van der Waals surface area contributed by atoms with E-state index in [0.717, 1.165) is 25.0 Å². The molecular weight excluding hydrogens is 306 g/mol. The highest BCUT2D eigenvalue weighted by Gasteiger charge is 2.06. The molecule has 2 N–H and O–H groups in total. The number of rotatable bonds is 4. The summed E-state index contributed by atoms with van der Waals surface area (Å²) in [5.74, 6) is 0. The molecule has 0 spiro atoms. The molecule has 1 aromatic carbocycles. The van der Waals surface area contributed by atoms with Gasteiger partial charge in [-0.25, -0.2) is 9.78 Å². The highest BCUT2D eigenvalue weighted by Crippen LogP contribution is 2.33. The first kappa shape index (κ1) is 13.8. The summed E-state index contributed by atoms with van der Waals surface area (Å²) in [6.07, 6.45) is 2.75. The fourth-order valence-corrected chi connectivity index (χ4v) is 3.72. The summed E-state index contributed by atoms with van der Waals surface area (Å²) >= 11 is 3.08. The fourth-order valence-electron chi connectivity index (χ4n) is 1.77. The van der Waals surface area contributed by atoms with Crippen molar-refractivity contribution in [1.82, 2.24) is 9.97 Å². The van der Waals surface area contributed by atoms with E-state index in [9.17, 15) is 4.79 Å². The molecule has 1 amide bonds. The average Bonchev–Trinajstić information content (AvgIpc) is 2.92. The fraction of sp³-hybridized carbons (Fsp3) is 0.0714. The average molecular weight is 317 g/mol. The summed E-state index contributed by atoms with van der Waals surface area (Å²) < 4.78 is 5.74. The van der Waals surface area contributed by atoms with Crippen LogP contribution in [0, 0.1) is 0 Å². The topological polar surface area (TPSA) is 78.1 Å². The third-order valence-electron chi connectivity index (χ3n) is 2.67. The second-order valence-electron chi connectivity index (χ2n) is 4.14. The molecule has 3 rings (SSSR count). The minimum atomic E-state index is -0.792. The van der Waals surface area contributed by atoms with Crippen LogP contribution in [-0.2, 0) is 11.3 Å². The number of nitrogens with zero attached hydrogens (tertiary/aromatic N) is 2. The van der Waals surface area contributed by atoms with E-state index >= 15 is 0 Å². The lowest BCUT2D eigenvalue weighted by Gasteiger charge is -2.00. The van der Waals surface area contributed by atoms with E-state index in [4.69, 9.17) is 10.5 Å². The number of amides is 1. The van der Waals surface area contributed by atoms with Crippen molar-refractivity contribution in [3.05, 3.63) is 47.7 Å². The molecule has 0 saturated heterocycles. The molecule has 2 heterocycles. The number of aromatic nitrogens is 2. The van der Waals surface area contributed by atoms with Crippen LogP contribution in [0.4, 0.5) is 4.79 Å². The number of nitrogens with two attached hydrogens (primary N) is 1. The van der Waals surface area contributed by atoms with E-state index in [1.54, 1.807) is 24.2 Å². The number of hydrogen-bond acceptors (Lipinski definition) is 6. The molecule has 0 aliphatic carbocycles. The molecule has 0 saturated carbocycles. The van der Waals surface area contributed by atoms with Gasteiger partial charge in [0.25, 0.3) is 0 Å². The van der Waals surface area contributed by atoms with Crippen molar-refractivity contribution in [2.75, 3.05) is 0 Å². The second-order valence-corrected chi connectivity index (χ2v) is 6.63. The molecule has 0 radical (unpaired) electrons. The summed E-state index contributed by atoms with van der Waals surface area (Å²) in [7, 11) is 0. The van der Waals surface area contributed by atoms with Crippen LogP contribution in [0.15, 0.2) is 51.8 Å². The third kappa shape index (κ3) is 3.50. The van der Waals surface area contributed by atoms with Crippen LogP contribution >= 0.6 is 23.1 Å². The van der Waals surface area contributed by atoms with Crippen LogP contribution in [0.5, 0.6) is 0 Å². The molecular formula is C14H11N3O2S2. The Morgan fingerprint density at radius 1 is 1.33 bits per heavy atom. The molecule has 21 heavy (non-hydrogen) atoms. The van der Waals surface area contributed by atoms with E-state index < -0.39 is 6.09 Å². The van der Waals surface area contributed by atoms with Gasteiger partial charge < -0.3 is 10.5 Å². The summed E-state index contributed by atoms with van der Waals surface area (Å²) in [4.78, 5) is 20.2. The van der Waals surface area contributed by atoms with Crippen molar-refractivity contribution in [1.29, 1.82) is 0 Å². The number of carbonyl (C=O) groups is 1. The molecule has 3 aromatic rings. The first-order chi connectivity index (χ1) is 10.2. The number of benzene rings is 1. The number of pyridine rings is 1. The second kappa shape index (κ2) is 6.11. The van der Waals surface area contributed by atoms with Crippen molar-refractivity contribution >= 4 is 40.1 Å². The number of carbonyl (C=O) groups excluding carboxylic acids is 1. The maximum Gasteiger partial charge on any atom is 0.404 e. The van der Waals surface area contributed by atoms with Crippen molar-refractivity contribution in [3.63, 3.8) is 0 Å². The SMILES string of the molecule is NC(=O)OCc1ncc(Sc2ccc3cccnc3c2)s1. The molecule has 7 heteroatoms. The lowest BCUT2D eigenvalue weighted by atomic mass is 10.2. The van der Waals surface area contributed by atoms with E-state index in [1.807, 2.05) is 30.3 Å². The van der Waals surface area contributed by atoms with E-state index in [1.165, 1.54) is 11.3 Å². The predicted molar refractivity (Wildman–Crippen MR) is 82.4 cm³/mol. The summed E-state index contributed by atoms with van der Waals surface area (Å²) in [5.41, 5.74) is 5.89. The maximum absolute atomic E-state index is 10.6. The Morgan fingerprint density at radius 2 is 2.24 bits per heavy atom. The molecule has 0 fully saturated rings. The van der Waals surface area contributed by atoms with Gasteiger partial charge in [-0.3, -0.25) is 4.98 Å². The molecule has 5 nitrogen and oxygen atoms in total. The number of hydrogen-bond donors (Lipinski definition) is 1. The van der Waals surface area contributed by atoms with Crippen molar-refractivity contribution < 1.29 is 9.53 Å². The first-order valence-corrected chi connectivity index (χ1v) is 7.73. The van der Waals surface area contributed by atoms with Crippen LogP contribution in [0.3, 0.4) is 0 Å². The van der Waals surface area contributed by atoms with Gasteiger partial charge in [0, 0.05) is 16.5 Å².